The van der Waals surface area contributed by atoms with Crippen molar-refractivity contribution in [3.05, 3.63) is 173 Å². The van der Waals surface area contributed by atoms with Crippen LogP contribution in [-0.2, 0) is 0 Å². The van der Waals surface area contributed by atoms with E-state index in [2.05, 4.69) is 123 Å². The van der Waals surface area contributed by atoms with E-state index < -0.39 is 0 Å². The van der Waals surface area contributed by atoms with Gasteiger partial charge in [0.05, 0.1) is 6.20 Å². The Morgan fingerprint density at radius 1 is 0.830 bits per heavy atom. The summed E-state index contributed by atoms with van der Waals surface area (Å²) in [7, 11) is 1.91. The summed E-state index contributed by atoms with van der Waals surface area (Å²) in [4.78, 5) is 0. The van der Waals surface area contributed by atoms with Crippen molar-refractivity contribution in [2.24, 2.45) is 0 Å². The molecule has 0 aromatic heterocycles. The standard InChI is InChI=1S/C43H50N4/c1-9-15-37(20-24-46)36(13-5)27-40(26-31(6)33(10-2)18-22-44)38-16-14-17-39(28-38)41-29-42(34(11-3)19-23-45)32(7)43(30-41)35(12-4)21-25-47-8/h9-30,44,46-47H,2,45H2,1,3-8H3/p+2. The molecule has 2 aromatic carbocycles. The molecule has 2 aromatic rings. The zero-order valence-corrected chi connectivity index (χ0v) is 29.2. The smallest absolute Gasteiger partial charge is 0.160 e. The molecule has 0 aliphatic carbocycles. The second-order valence-corrected chi connectivity index (χ2v) is 10.8. The van der Waals surface area contributed by atoms with Crippen LogP contribution in [0.25, 0.3) is 27.8 Å². The maximum absolute atomic E-state index is 7.64. The predicted octanol–water partition coefficient (Wildman–Crippen LogP) is 8.33. The first-order valence-corrected chi connectivity index (χ1v) is 15.9. The fourth-order valence-corrected chi connectivity index (χ4v) is 5.35. The van der Waals surface area contributed by atoms with E-state index in [1.807, 2.05) is 52.4 Å². The molecule has 4 heteroatoms. The minimum Gasteiger partial charge on any atom is -0.394 e. The van der Waals surface area contributed by atoms with E-state index >= 15 is 0 Å². The Labute approximate surface area is 282 Å². The van der Waals surface area contributed by atoms with Gasteiger partial charge in [0.2, 0.25) is 0 Å². The fourth-order valence-electron chi connectivity index (χ4n) is 5.35. The first-order valence-electron chi connectivity index (χ1n) is 15.9. The number of hydrogen-bond acceptors (Lipinski definition) is 2. The van der Waals surface area contributed by atoms with Gasteiger partial charge in [-0.25, -0.2) is 0 Å². The Bertz CT molecular complexity index is 1760. The van der Waals surface area contributed by atoms with Gasteiger partial charge in [-0.3, -0.25) is 5.41 Å². The summed E-state index contributed by atoms with van der Waals surface area (Å²) in [6, 6.07) is 13.2. The lowest BCUT2D eigenvalue weighted by Gasteiger charge is -2.17. The number of rotatable bonds is 15. The van der Waals surface area contributed by atoms with Gasteiger partial charge < -0.3 is 16.5 Å². The molecule has 0 atom stereocenters. The first kappa shape index (κ1) is 37.9. The number of nitrogens with one attached hydrogen (secondary N) is 2. The number of hydrogen-bond donors (Lipinski definition) is 4. The summed E-state index contributed by atoms with van der Waals surface area (Å²) in [5.41, 5.74) is 18.0. The molecule has 0 saturated carbocycles. The average molecular weight is 625 g/mol. The number of quaternary nitrogens is 1. The molecule has 2 rings (SSSR count). The van der Waals surface area contributed by atoms with Crippen LogP contribution in [0.3, 0.4) is 0 Å². The molecule has 47 heavy (non-hydrogen) atoms. The van der Waals surface area contributed by atoms with E-state index in [1.165, 1.54) is 17.3 Å². The normalized spacial score (nSPS) is 14.4. The van der Waals surface area contributed by atoms with Crippen LogP contribution in [-0.4, -0.2) is 19.5 Å². The molecule has 0 fully saturated rings. The summed E-state index contributed by atoms with van der Waals surface area (Å²) in [6.45, 7) is 16.4. The summed E-state index contributed by atoms with van der Waals surface area (Å²) in [5, 5.41) is 16.6. The van der Waals surface area contributed by atoms with Crippen LogP contribution in [0.1, 0.15) is 56.9 Å². The molecule has 7 N–H and O–H groups in total. The largest absolute Gasteiger partial charge is 0.394 e. The van der Waals surface area contributed by atoms with Crippen molar-refractivity contribution in [2.75, 3.05) is 7.05 Å². The molecule has 4 nitrogen and oxygen atoms in total. The third-order valence-corrected chi connectivity index (χ3v) is 7.80. The molecular formula is C43H52N4+2. The van der Waals surface area contributed by atoms with Crippen molar-refractivity contribution in [3.63, 3.8) is 0 Å². The average Bonchev–Trinajstić information content (AvgIpc) is 3.08. The minimum absolute atomic E-state index is 0.891. The van der Waals surface area contributed by atoms with Gasteiger partial charge in [0.25, 0.3) is 0 Å². The Morgan fingerprint density at radius 3 is 2.04 bits per heavy atom. The highest BCUT2D eigenvalue weighted by molar-refractivity contribution is 5.88. The molecular weight excluding hydrogens is 573 g/mol. The maximum Gasteiger partial charge on any atom is 0.160 e. The predicted molar refractivity (Wildman–Crippen MR) is 208 cm³/mol. The van der Waals surface area contributed by atoms with Gasteiger partial charge in [-0.15, -0.1) is 0 Å². The van der Waals surface area contributed by atoms with Crippen LogP contribution in [0.15, 0.2) is 151 Å². The van der Waals surface area contributed by atoms with E-state index in [4.69, 9.17) is 10.8 Å². The van der Waals surface area contributed by atoms with Gasteiger partial charge in [-0.1, -0.05) is 67.3 Å². The molecule has 0 saturated heterocycles. The summed E-state index contributed by atoms with van der Waals surface area (Å²) < 4.78 is 0. The topological polar surface area (TPSA) is 89.1 Å². The van der Waals surface area contributed by atoms with Gasteiger partial charge >= 0.3 is 0 Å². The Morgan fingerprint density at radius 2 is 1.51 bits per heavy atom. The van der Waals surface area contributed by atoms with Crippen LogP contribution >= 0.6 is 0 Å². The minimum atomic E-state index is 0.891. The highest BCUT2D eigenvalue weighted by Crippen LogP contribution is 2.35. The van der Waals surface area contributed by atoms with E-state index in [0.29, 0.717) is 0 Å². The quantitative estimate of drug-likeness (QED) is 0.117. The molecule has 242 valence electrons. The van der Waals surface area contributed by atoms with Crippen LogP contribution in [0.2, 0.25) is 0 Å². The van der Waals surface area contributed by atoms with Crippen LogP contribution in [0.4, 0.5) is 0 Å². The van der Waals surface area contributed by atoms with Crippen molar-refractivity contribution in [1.29, 1.82) is 5.41 Å². The molecule has 0 heterocycles. The lowest BCUT2D eigenvalue weighted by molar-refractivity contribution is -0.274. The third kappa shape index (κ3) is 10.4. The molecule has 0 bridgehead atoms. The summed E-state index contributed by atoms with van der Waals surface area (Å²) in [5.74, 6) is 0. The molecule has 0 radical (unpaired) electrons. The zero-order chi connectivity index (χ0) is 34.8. The molecule has 0 spiro atoms. The first-order chi connectivity index (χ1) is 22.8. The molecule has 0 aliphatic heterocycles. The molecule has 0 aliphatic rings. The van der Waals surface area contributed by atoms with Gasteiger partial charge in [0, 0.05) is 19.3 Å². The van der Waals surface area contributed by atoms with E-state index in [9.17, 15) is 0 Å². The Balaban J connectivity index is 3.01. The summed E-state index contributed by atoms with van der Waals surface area (Å²) >= 11 is 0. The van der Waals surface area contributed by atoms with Gasteiger partial charge in [-0.2, -0.15) is 0 Å². The lowest BCUT2D eigenvalue weighted by Crippen LogP contribution is -2.39. The molecule has 0 amide bonds. The fraction of sp³-hybridized carbons (Fsp3) is 0.163. The van der Waals surface area contributed by atoms with Crippen molar-refractivity contribution in [2.45, 2.75) is 41.5 Å². The van der Waals surface area contributed by atoms with Crippen molar-refractivity contribution < 1.29 is 11.1 Å². The molecule has 0 unspecified atom stereocenters. The zero-order valence-electron chi connectivity index (χ0n) is 29.2. The Kier molecular flexibility index (Phi) is 16.1. The van der Waals surface area contributed by atoms with Crippen molar-refractivity contribution in [1.82, 2.24) is 5.32 Å². The monoisotopic (exact) mass is 624 g/mol. The maximum atomic E-state index is 7.64. The lowest BCUT2D eigenvalue weighted by atomic mass is 9.87. The highest BCUT2D eigenvalue weighted by atomic mass is 14.8. The highest BCUT2D eigenvalue weighted by Gasteiger charge is 2.14. The number of benzene rings is 2. The van der Waals surface area contributed by atoms with Gasteiger partial charge in [-0.05, 0) is 163 Å². The van der Waals surface area contributed by atoms with Crippen LogP contribution in [0.5, 0.6) is 0 Å². The number of allylic oxidation sites excluding steroid dienone is 19. The van der Waals surface area contributed by atoms with Crippen molar-refractivity contribution >= 4 is 29.1 Å². The second-order valence-electron chi connectivity index (χ2n) is 10.8. The van der Waals surface area contributed by atoms with Gasteiger partial charge in [0.15, 0.2) is 6.21 Å². The van der Waals surface area contributed by atoms with Crippen LogP contribution < -0.4 is 16.5 Å². The van der Waals surface area contributed by atoms with Crippen LogP contribution in [0, 0.1) is 12.3 Å². The second kappa shape index (κ2) is 19.9. The van der Waals surface area contributed by atoms with Gasteiger partial charge in [0.1, 0.15) is 0 Å². The SMILES string of the molecule is C=CC(=CC=N)C(C)=CC(=CC(=CC)C(C=CC)=CC=[NH2+])c1cccc(-c2cc(C(C=C[NH3+])=CC)c(C)c(C(C=CNC)=CC)c2)c1. The third-order valence-electron chi connectivity index (χ3n) is 7.80. The van der Waals surface area contributed by atoms with E-state index in [1.54, 1.807) is 18.4 Å². The number of nitrogens with two attached hydrogens (primary N) is 1. The Hall–Kier alpha value is -5.32. The van der Waals surface area contributed by atoms with Crippen molar-refractivity contribution in [3.8, 4) is 11.1 Å². The van der Waals surface area contributed by atoms with E-state index in [0.717, 1.165) is 61.3 Å². The summed E-state index contributed by atoms with van der Waals surface area (Å²) in [6.07, 6.45) is 31.1. The van der Waals surface area contributed by atoms with E-state index in [-0.39, 0.29) is 0 Å².